The summed E-state index contributed by atoms with van der Waals surface area (Å²) in [4.78, 5) is 10.6. The van der Waals surface area contributed by atoms with E-state index in [2.05, 4.69) is 155 Å². The van der Waals surface area contributed by atoms with Crippen molar-refractivity contribution in [3.63, 3.8) is 0 Å². The lowest BCUT2D eigenvalue weighted by Crippen LogP contribution is -2.00. The lowest BCUT2D eigenvalue weighted by Gasteiger charge is -2.14. The van der Waals surface area contributed by atoms with Crippen molar-refractivity contribution >= 4 is 76.6 Å². The Morgan fingerprint density at radius 3 is 1.84 bits per heavy atom. The van der Waals surface area contributed by atoms with Gasteiger partial charge in [0.05, 0.1) is 39.0 Å². The molecule has 8 aromatic carbocycles. The second-order valence-electron chi connectivity index (χ2n) is 14.5. The van der Waals surface area contributed by atoms with Gasteiger partial charge in [-0.25, -0.2) is 9.97 Å². The number of fused-ring (bicyclic) bond motifs is 10. The Hall–Kier alpha value is -8.01. The van der Waals surface area contributed by atoms with E-state index in [4.69, 9.17) is 14.4 Å². The first-order chi connectivity index (χ1) is 28.2. The Labute approximate surface area is 325 Å². The molecule has 4 aromatic heterocycles. The molecule has 0 bridgehead atoms. The zero-order valence-corrected chi connectivity index (χ0v) is 30.4. The van der Waals surface area contributed by atoms with E-state index in [1.54, 1.807) is 0 Å². The topological polar surface area (TPSA) is 72.6 Å². The number of nitrogens with zero attached hydrogens (tertiary/aromatic N) is 5. The lowest BCUT2D eigenvalue weighted by molar-refractivity contribution is 0.653. The molecule has 0 saturated heterocycles. The summed E-state index contributed by atoms with van der Waals surface area (Å²) in [5.74, 6) is 0. The summed E-state index contributed by atoms with van der Waals surface area (Å²) in [5, 5.41) is 18.6. The van der Waals surface area contributed by atoms with Crippen molar-refractivity contribution in [1.82, 2.24) is 19.1 Å². The molecule has 264 valence electrons. The third-order valence-electron chi connectivity index (χ3n) is 11.3. The maximum absolute atomic E-state index is 10.9. The molecule has 4 heterocycles. The highest BCUT2D eigenvalue weighted by molar-refractivity contribution is 6.14. The van der Waals surface area contributed by atoms with Gasteiger partial charge in [0.25, 0.3) is 0 Å². The average Bonchev–Trinajstić information content (AvgIpc) is 3.92. The lowest BCUT2D eigenvalue weighted by atomic mass is 9.99. The second-order valence-corrected chi connectivity index (χ2v) is 14.5. The van der Waals surface area contributed by atoms with Crippen molar-refractivity contribution in [1.29, 1.82) is 5.26 Å². The zero-order chi connectivity index (χ0) is 37.6. The standard InChI is InChI=1S/C51H29N5O/c52-30-35-26-33(22-24-42(35)56-44-20-10-7-17-38(44)41-27-31-12-4-5-13-32(31)29-46(41)56)48-49(54-51-50(53-48)39-18-8-11-21-47(39)57-51)34-23-25-45-40(28-34)37-16-6-9-19-43(37)55(45)36-14-2-1-3-15-36/h1-29H. The predicted octanol–water partition coefficient (Wildman–Crippen LogP) is 12.9. The van der Waals surface area contributed by atoms with Gasteiger partial charge in [-0.05, 0) is 83.6 Å². The minimum Gasteiger partial charge on any atom is -0.436 e. The summed E-state index contributed by atoms with van der Waals surface area (Å²) in [7, 11) is 0. The van der Waals surface area contributed by atoms with Crippen molar-refractivity contribution in [2.45, 2.75) is 0 Å². The van der Waals surface area contributed by atoms with Crippen molar-refractivity contribution in [3.05, 3.63) is 181 Å². The normalized spacial score (nSPS) is 11.8. The summed E-state index contributed by atoms with van der Waals surface area (Å²) in [6, 6.07) is 63.3. The molecule has 0 N–H and O–H groups in total. The smallest absolute Gasteiger partial charge is 0.246 e. The molecule has 0 aliphatic carbocycles. The van der Waals surface area contributed by atoms with Gasteiger partial charge >= 0.3 is 0 Å². The van der Waals surface area contributed by atoms with Gasteiger partial charge in [-0.1, -0.05) is 103 Å². The maximum Gasteiger partial charge on any atom is 0.246 e. The SMILES string of the molecule is N#Cc1cc(-c2nc3c(nc2-c2ccc4c(c2)c2ccccc2n4-c2ccccc2)oc2ccccc23)ccc1-n1c2ccccc2c2cc3ccccc3cc21. The van der Waals surface area contributed by atoms with E-state index in [9.17, 15) is 5.26 Å². The van der Waals surface area contributed by atoms with Crippen LogP contribution >= 0.6 is 0 Å². The van der Waals surface area contributed by atoms with Gasteiger partial charge in [0.15, 0.2) is 0 Å². The van der Waals surface area contributed by atoms with Crippen LogP contribution in [0.1, 0.15) is 5.56 Å². The first kappa shape index (κ1) is 31.4. The molecule has 0 aliphatic heterocycles. The van der Waals surface area contributed by atoms with E-state index < -0.39 is 0 Å². The minimum absolute atomic E-state index is 0.469. The van der Waals surface area contributed by atoms with Crippen LogP contribution in [0.3, 0.4) is 0 Å². The van der Waals surface area contributed by atoms with E-state index in [0.29, 0.717) is 28.2 Å². The van der Waals surface area contributed by atoms with Crippen LogP contribution in [0.25, 0.3) is 110 Å². The van der Waals surface area contributed by atoms with E-state index in [1.807, 2.05) is 36.4 Å². The number of para-hydroxylation sites is 4. The van der Waals surface area contributed by atoms with Crippen LogP contribution < -0.4 is 0 Å². The Morgan fingerprint density at radius 1 is 0.456 bits per heavy atom. The van der Waals surface area contributed by atoms with Gasteiger partial charge < -0.3 is 13.6 Å². The quantitative estimate of drug-likeness (QED) is 0.181. The first-order valence-corrected chi connectivity index (χ1v) is 19.0. The number of nitriles is 1. The van der Waals surface area contributed by atoms with Crippen molar-refractivity contribution in [2.75, 3.05) is 0 Å². The van der Waals surface area contributed by atoms with E-state index in [-0.39, 0.29) is 0 Å². The number of hydrogen-bond acceptors (Lipinski definition) is 4. The minimum atomic E-state index is 0.469. The van der Waals surface area contributed by atoms with Crippen molar-refractivity contribution < 1.29 is 4.42 Å². The van der Waals surface area contributed by atoms with Crippen LogP contribution in [-0.4, -0.2) is 19.1 Å². The van der Waals surface area contributed by atoms with Crippen LogP contribution in [0, 0.1) is 11.3 Å². The highest BCUT2D eigenvalue weighted by atomic mass is 16.3. The van der Waals surface area contributed by atoms with E-state index >= 15 is 0 Å². The summed E-state index contributed by atoms with van der Waals surface area (Å²) in [5.41, 5.74) is 11.7. The van der Waals surface area contributed by atoms with Gasteiger partial charge in [-0.2, -0.15) is 5.26 Å². The maximum atomic E-state index is 10.9. The fourth-order valence-corrected chi connectivity index (χ4v) is 8.78. The number of hydrogen-bond donors (Lipinski definition) is 0. The molecule has 12 aromatic rings. The molecule has 57 heavy (non-hydrogen) atoms. The molecule has 0 saturated carbocycles. The summed E-state index contributed by atoms with van der Waals surface area (Å²) >= 11 is 0. The molecule has 0 fully saturated rings. The number of benzene rings is 8. The van der Waals surface area contributed by atoms with Gasteiger partial charge in [0.1, 0.15) is 22.9 Å². The van der Waals surface area contributed by atoms with Crippen LogP contribution in [0.4, 0.5) is 0 Å². The largest absolute Gasteiger partial charge is 0.436 e. The third-order valence-corrected chi connectivity index (χ3v) is 11.3. The number of rotatable bonds is 4. The Bertz CT molecular complexity index is 3660. The monoisotopic (exact) mass is 727 g/mol. The Kier molecular flexibility index (Phi) is 6.60. The molecule has 6 heteroatoms. The Morgan fingerprint density at radius 2 is 1.05 bits per heavy atom. The van der Waals surface area contributed by atoms with Gasteiger partial charge in [0, 0.05) is 43.7 Å². The summed E-state index contributed by atoms with van der Waals surface area (Å²) in [6.45, 7) is 0. The zero-order valence-electron chi connectivity index (χ0n) is 30.4. The number of aromatic nitrogens is 4. The molecule has 6 nitrogen and oxygen atoms in total. The van der Waals surface area contributed by atoms with Gasteiger partial charge in [-0.3, -0.25) is 0 Å². The molecule has 0 spiro atoms. The van der Waals surface area contributed by atoms with Crippen molar-refractivity contribution in [3.8, 4) is 40.0 Å². The molecule has 0 amide bonds. The van der Waals surface area contributed by atoms with E-state index in [0.717, 1.165) is 82.5 Å². The fourth-order valence-electron chi connectivity index (χ4n) is 8.78. The Balaban J connectivity index is 1.10. The van der Waals surface area contributed by atoms with Crippen LogP contribution in [0.5, 0.6) is 0 Å². The molecule has 0 radical (unpaired) electrons. The highest BCUT2D eigenvalue weighted by Gasteiger charge is 2.22. The second kappa shape index (κ2) is 12.0. The van der Waals surface area contributed by atoms with Gasteiger partial charge in [-0.15, -0.1) is 0 Å². The van der Waals surface area contributed by atoms with E-state index in [1.165, 1.54) is 5.39 Å². The number of furan rings is 1. The molecule has 0 atom stereocenters. The third kappa shape index (κ3) is 4.63. The fraction of sp³-hybridized carbons (Fsp3) is 0. The first-order valence-electron chi connectivity index (χ1n) is 19.0. The summed E-state index contributed by atoms with van der Waals surface area (Å²) < 4.78 is 10.8. The highest BCUT2D eigenvalue weighted by Crippen LogP contribution is 2.41. The van der Waals surface area contributed by atoms with Crippen LogP contribution in [0.2, 0.25) is 0 Å². The molecular formula is C51H29N5O. The average molecular weight is 728 g/mol. The van der Waals surface area contributed by atoms with Crippen LogP contribution in [0.15, 0.2) is 180 Å². The molecule has 12 rings (SSSR count). The summed E-state index contributed by atoms with van der Waals surface area (Å²) in [6.07, 6.45) is 0. The molecule has 0 aliphatic rings. The molecular weight excluding hydrogens is 699 g/mol. The van der Waals surface area contributed by atoms with Crippen LogP contribution in [-0.2, 0) is 0 Å². The van der Waals surface area contributed by atoms with Gasteiger partial charge in [0.2, 0.25) is 5.71 Å². The molecule has 0 unspecified atom stereocenters. The van der Waals surface area contributed by atoms with Crippen molar-refractivity contribution in [2.24, 2.45) is 0 Å². The predicted molar refractivity (Wildman–Crippen MR) is 231 cm³/mol.